The molecule has 0 atom stereocenters. The fourth-order valence-corrected chi connectivity index (χ4v) is 2.16. The van der Waals surface area contributed by atoms with E-state index >= 15 is 0 Å². The van der Waals surface area contributed by atoms with E-state index in [1.165, 1.54) is 37.6 Å². The Hall–Kier alpha value is -2.55. The second-order valence-electron chi connectivity index (χ2n) is 4.03. The summed E-state index contributed by atoms with van der Waals surface area (Å²) < 4.78 is 5.60. The van der Waals surface area contributed by atoms with E-state index in [1.54, 1.807) is 5.38 Å². The number of aromatic nitrogens is 3. The summed E-state index contributed by atoms with van der Waals surface area (Å²) in [6.07, 6.45) is 0.0426. The molecular formula is C12H12N4O4S. The highest BCUT2D eigenvalue weighted by Crippen LogP contribution is 2.16. The van der Waals surface area contributed by atoms with Gasteiger partial charge in [-0.15, -0.1) is 11.3 Å². The van der Waals surface area contributed by atoms with Crippen LogP contribution in [0.1, 0.15) is 16.2 Å². The molecule has 0 unspecified atom stereocenters. The SMILES string of the molecule is COC(=O)Cc1csc(NC(=O)c2ccc(=O)n(C)n2)n1. The average molecular weight is 308 g/mol. The van der Waals surface area contributed by atoms with E-state index in [1.807, 2.05) is 0 Å². The van der Waals surface area contributed by atoms with Crippen LogP contribution in [-0.2, 0) is 23.0 Å². The topological polar surface area (TPSA) is 103 Å². The van der Waals surface area contributed by atoms with Crippen LogP contribution in [0.2, 0.25) is 0 Å². The van der Waals surface area contributed by atoms with Gasteiger partial charge >= 0.3 is 5.97 Å². The molecule has 1 N–H and O–H groups in total. The van der Waals surface area contributed by atoms with E-state index in [-0.39, 0.29) is 17.7 Å². The van der Waals surface area contributed by atoms with Crippen LogP contribution in [0.25, 0.3) is 0 Å². The van der Waals surface area contributed by atoms with E-state index in [0.29, 0.717) is 10.8 Å². The molecule has 21 heavy (non-hydrogen) atoms. The highest BCUT2D eigenvalue weighted by atomic mass is 32.1. The molecule has 1 amide bonds. The Balaban J connectivity index is 2.07. The molecule has 9 heteroatoms. The van der Waals surface area contributed by atoms with Crippen LogP contribution in [0, 0.1) is 0 Å². The molecule has 2 heterocycles. The van der Waals surface area contributed by atoms with Gasteiger partial charge in [-0.05, 0) is 6.07 Å². The first-order chi connectivity index (χ1) is 9.99. The first-order valence-corrected chi connectivity index (χ1v) is 6.74. The number of aryl methyl sites for hydroxylation is 1. The Morgan fingerprint density at radius 3 is 2.86 bits per heavy atom. The zero-order valence-electron chi connectivity index (χ0n) is 11.3. The van der Waals surface area contributed by atoms with Crippen molar-refractivity contribution in [2.75, 3.05) is 12.4 Å². The summed E-state index contributed by atoms with van der Waals surface area (Å²) in [5.74, 6) is -0.887. The van der Waals surface area contributed by atoms with E-state index < -0.39 is 11.9 Å². The monoisotopic (exact) mass is 308 g/mol. The molecule has 0 aliphatic carbocycles. The molecule has 0 saturated heterocycles. The summed E-state index contributed by atoms with van der Waals surface area (Å²) >= 11 is 1.19. The molecule has 0 aliphatic rings. The number of nitrogens with one attached hydrogen (secondary N) is 1. The van der Waals surface area contributed by atoms with Crippen molar-refractivity contribution in [2.24, 2.45) is 7.05 Å². The third-order valence-electron chi connectivity index (χ3n) is 2.52. The Morgan fingerprint density at radius 1 is 1.43 bits per heavy atom. The second-order valence-corrected chi connectivity index (χ2v) is 4.89. The lowest BCUT2D eigenvalue weighted by atomic mass is 10.3. The van der Waals surface area contributed by atoms with E-state index in [2.05, 4.69) is 20.1 Å². The summed E-state index contributed by atoms with van der Waals surface area (Å²) in [6.45, 7) is 0. The lowest BCUT2D eigenvalue weighted by Gasteiger charge is -2.02. The number of hydrogen-bond donors (Lipinski definition) is 1. The number of nitrogens with zero attached hydrogens (tertiary/aromatic N) is 3. The maximum absolute atomic E-state index is 12.0. The highest BCUT2D eigenvalue weighted by Gasteiger charge is 2.12. The average Bonchev–Trinajstić information content (AvgIpc) is 2.88. The molecule has 0 saturated carbocycles. The van der Waals surface area contributed by atoms with Gasteiger partial charge in [-0.25, -0.2) is 9.67 Å². The molecule has 110 valence electrons. The Labute approximate surface area is 123 Å². The fraction of sp³-hybridized carbons (Fsp3) is 0.250. The van der Waals surface area contributed by atoms with Crippen LogP contribution in [0.5, 0.6) is 0 Å². The fourth-order valence-electron chi connectivity index (χ4n) is 1.45. The smallest absolute Gasteiger partial charge is 0.311 e. The van der Waals surface area contributed by atoms with Gasteiger partial charge in [-0.1, -0.05) is 0 Å². The van der Waals surface area contributed by atoms with Crippen molar-refractivity contribution in [3.05, 3.63) is 39.3 Å². The van der Waals surface area contributed by atoms with Gasteiger partial charge in [0.1, 0.15) is 5.69 Å². The molecule has 0 bridgehead atoms. The second kappa shape index (κ2) is 6.27. The van der Waals surface area contributed by atoms with Crippen LogP contribution in [0.15, 0.2) is 22.3 Å². The van der Waals surface area contributed by atoms with Crippen molar-refractivity contribution < 1.29 is 14.3 Å². The number of methoxy groups -OCH3 is 1. The Morgan fingerprint density at radius 2 is 2.19 bits per heavy atom. The van der Waals surface area contributed by atoms with Crippen LogP contribution in [0.3, 0.4) is 0 Å². The highest BCUT2D eigenvalue weighted by molar-refractivity contribution is 7.14. The summed E-state index contributed by atoms with van der Waals surface area (Å²) in [7, 11) is 2.75. The largest absolute Gasteiger partial charge is 0.469 e. The van der Waals surface area contributed by atoms with Gasteiger partial charge in [0.15, 0.2) is 5.13 Å². The van der Waals surface area contributed by atoms with Crippen molar-refractivity contribution in [2.45, 2.75) is 6.42 Å². The van der Waals surface area contributed by atoms with Crippen molar-refractivity contribution in [1.82, 2.24) is 14.8 Å². The van der Waals surface area contributed by atoms with Crippen LogP contribution >= 0.6 is 11.3 Å². The molecule has 0 radical (unpaired) electrons. The third kappa shape index (κ3) is 3.72. The molecule has 2 aromatic heterocycles. The van der Waals surface area contributed by atoms with Gasteiger partial charge in [0.25, 0.3) is 11.5 Å². The predicted octanol–water partition coefficient (Wildman–Crippen LogP) is 0.205. The minimum Gasteiger partial charge on any atom is -0.469 e. The van der Waals surface area contributed by atoms with Crippen LogP contribution in [-0.4, -0.2) is 33.8 Å². The number of amides is 1. The quantitative estimate of drug-likeness (QED) is 0.810. The van der Waals surface area contributed by atoms with Gasteiger partial charge in [0.05, 0.1) is 19.2 Å². The summed E-state index contributed by atoms with van der Waals surface area (Å²) in [5.41, 5.74) is 0.304. The van der Waals surface area contributed by atoms with Gasteiger partial charge < -0.3 is 4.74 Å². The van der Waals surface area contributed by atoms with Crippen LogP contribution in [0.4, 0.5) is 5.13 Å². The maximum atomic E-state index is 12.0. The van der Waals surface area contributed by atoms with Gasteiger partial charge in [0, 0.05) is 18.5 Å². The normalized spacial score (nSPS) is 10.2. The molecule has 0 aliphatic heterocycles. The number of esters is 1. The van der Waals surface area contributed by atoms with Gasteiger partial charge in [-0.2, -0.15) is 5.10 Å². The van der Waals surface area contributed by atoms with Crippen molar-refractivity contribution in [3.8, 4) is 0 Å². The summed E-state index contributed by atoms with van der Waals surface area (Å²) in [6, 6.07) is 2.59. The number of carbonyl (C=O) groups is 2. The van der Waals surface area contributed by atoms with E-state index in [9.17, 15) is 14.4 Å². The van der Waals surface area contributed by atoms with Gasteiger partial charge in [0.2, 0.25) is 0 Å². The number of hydrogen-bond acceptors (Lipinski definition) is 7. The molecule has 0 aromatic carbocycles. The standard InChI is InChI=1S/C12H12N4O4S/c1-16-9(17)4-3-8(15-16)11(19)14-12-13-7(6-21-12)5-10(18)20-2/h3-4,6H,5H2,1-2H3,(H,13,14,19). The minimum absolute atomic E-state index is 0.0426. The number of anilines is 1. The first kappa shape index (κ1) is 14.9. The van der Waals surface area contributed by atoms with E-state index in [0.717, 1.165) is 4.68 Å². The predicted molar refractivity (Wildman–Crippen MR) is 75.3 cm³/mol. The number of rotatable bonds is 4. The van der Waals surface area contributed by atoms with Gasteiger partial charge in [-0.3, -0.25) is 19.7 Å². The Bertz CT molecular complexity index is 737. The summed E-state index contributed by atoms with van der Waals surface area (Å²) in [4.78, 5) is 38.4. The molecule has 0 spiro atoms. The molecular weight excluding hydrogens is 296 g/mol. The summed E-state index contributed by atoms with van der Waals surface area (Å²) in [5, 5.41) is 8.38. The number of carbonyl (C=O) groups excluding carboxylic acids is 2. The minimum atomic E-state index is -0.482. The Kier molecular flexibility index (Phi) is 4.43. The zero-order chi connectivity index (χ0) is 15.4. The lowest BCUT2D eigenvalue weighted by molar-refractivity contribution is -0.139. The van der Waals surface area contributed by atoms with Crippen LogP contribution < -0.4 is 10.9 Å². The van der Waals surface area contributed by atoms with E-state index in [4.69, 9.17) is 0 Å². The van der Waals surface area contributed by atoms with Crippen molar-refractivity contribution in [1.29, 1.82) is 0 Å². The molecule has 8 nitrogen and oxygen atoms in total. The molecule has 2 rings (SSSR count). The van der Waals surface area contributed by atoms with Crippen molar-refractivity contribution >= 4 is 28.3 Å². The van der Waals surface area contributed by atoms with Crippen molar-refractivity contribution in [3.63, 3.8) is 0 Å². The lowest BCUT2D eigenvalue weighted by Crippen LogP contribution is -2.23. The molecule has 2 aromatic rings. The zero-order valence-corrected chi connectivity index (χ0v) is 12.1. The first-order valence-electron chi connectivity index (χ1n) is 5.86. The number of ether oxygens (including phenoxy) is 1. The number of thiazole rings is 1. The third-order valence-corrected chi connectivity index (χ3v) is 3.32. The molecule has 0 fully saturated rings. The maximum Gasteiger partial charge on any atom is 0.311 e.